The molecule has 0 bridgehead atoms. The fraction of sp³-hybridized carbons (Fsp3) is 0.692. The number of hydrogen-bond acceptors (Lipinski definition) is 4. The Morgan fingerprint density at radius 2 is 2.18 bits per heavy atom. The zero-order valence-corrected chi connectivity index (χ0v) is 11.0. The van der Waals surface area contributed by atoms with Crippen LogP contribution in [0.2, 0.25) is 0 Å². The van der Waals surface area contributed by atoms with Gasteiger partial charge in [0.2, 0.25) is 0 Å². The lowest BCUT2D eigenvalue weighted by Crippen LogP contribution is -2.24. The highest BCUT2D eigenvalue weighted by Gasteiger charge is 2.23. The topological polar surface area (TPSA) is 41.1 Å². The van der Waals surface area contributed by atoms with Crippen LogP contribution in [-0.2, 0) is 6.54 Å². The van der Waals surface area contributed by atoms with Crippen LogP contribution in [0.25, 0.3) is 0 Å². The summed E-state index contributed by atoms with van der Waals surface area (Å²) in [4.78, 5) is 11.1. The van der Waals surface area contributed by atoms with Gasteiger partial charge in [0, 0.05) is 32.4 Å². The predicted molar refractivity (Wildman–Crippen MR) is 70.0 cm³/mol. The van der Waals surface area contributed by atoms with Gasteiger partial charge in [-0.3, -0.25) is 4.98 Å². The minimum Gasteiger partial charge on any atom is -0.358 e. The minimum absolute atomic E-state index is 0.477. The Morgan fingerprint density at radius 1 is 1.41 bits per heavy atom. The van der Waals surface area contributed by atoms with E-state index in [2.05, 4.69) is 41.1 Å². The summed E-state index contributed by atoms with van der Waals surface area (Å²) >= 11 is 0. The molecule has 2 rings (SSSR count). The number of nitrogens with one attached hydrogen (secondary N) is 1. The van der Waals surface area contributed by atoms with Crippen LogP contribution in [0.5, 0.6) is 0 Å². The van der Waals surface area contributed by atoms with Crippen LogP contribution in [-0.4, -0.2) is 29.6 Å². The van der Waals surface area contributed by atoms with Crippen LogP contribution in [0.3, 0.4) is 0 Å². The van der Waals surface area contributed by atoms with Crippen molar-refractivity contribution >= 4 is 5.82 Å². The van der Waals surface area contributed by atoms with Gasteiger partial charge < -0.3 is 10.2 Å². The van der Waals surface area contributed by atoms with Crippen LogP contribution in [0.1, 0.15) is 32.4 Å². The molecule has 1 aromatic rings. The molecule has 0 spiro atoms. The molecule has 1 aliphatic rings. The summed E-state index contributed by atoms with van der Waals surface area (Å²) in [5, 5.41) is 3.36. The summed E-state index contributed by atoms with van der Waals surface area (Å²) in [6, 6.07) is 0.477. The first kappa shape index (κ1) is 12.3. The molecule has 4 heteroatoms. The lowest BCUT2D eigenvalue weighted by atomic mass is 10.3. The first-order valence-corrected chi connectivity index (χ1v) is 6.40. The van der Waals surface area contributed by atoms with Crippen molar-refractivity contribution < 1.29 is 0 Å². The molecule has 1 saturated carbocycles. The summed E-state index contributed by atoms with van der Waals surface area (Å²) in [5.41, 5.74) is 1.01. The minimum atomic E-state index is 0.477. The molecule has 94 valence electrons. The van der Waals surface area contributed by atoms with Gasteiger partial charge in [-0.25, -0.2) is 4.98 Å². The molecule has 1 N–H and O–H groups in total. The van der Waals surface area contributed by atoms with Crippen LogP contribution in [0, 0.1) is 5.92 Å². The van der Waals surface area contributed by atoms with Crippen molar-refractivity contribution in [3.05, 3.63) is 18.1 Å². The van der Waals surface area contributed by atoms with E-state index in [1.165, 1.54) is 12.8 Å². The van der Waals surface area contributed by atoms with Crippen LogP contribution in [0.15, 0.2) is 12.4 Å². The summed E-state index contributed by atoms with van der Waals surface area (Å²) in [7, 11) is 2.10. The van der Waals surface area contributed by atoms with Crippen molar-refractivity contribution in [2.24, 2.45) is 5.92 Å². The van der Waals surface area contributed by atoms with Crippen molar-refractivity contribution in [2.45, 2.75) is 39.3 Å². The summed E-state index contributed by atoms with van der Waals surface area (Å²) in [6.07, 6.45) is 6.42. The first-order chi connectivity index (χ1) is 8.15. The first-order valence-electron chi connectivity index (χ1n) is 6.40. The van der Waals surface area contributed by atoms with Crippen molar-refractivity contribution in [1.82, 2.24) is 15.3 Å². The maximum Gasteiger partial charge on any atom is 0.147 e. The fourth-order valence-electron chi connectivity index (χ4n) is 1.75. The number of aromatic nitrogens is 2. The second kappa shape index (κ2) is 5.45. The molecule has 4 nitrogen and oxygen atoms in total. The van der Waals surface area contributed by atoms with Crippen LogP contribution < -0.4 is 10.2 Å². The smallest absolute Gasteiger partial charge is 0.147 e. The molecule has 1 fully saturated rings. The molecule has 0 amide bonds. The van der Waals surface area contributed by atoms with E-state index >= 15 is 0 Å². The maximum atomic E-state index is 4.63. The molecule has 0 unspecified atom stereocenters. The van der Waals surface area contributed by atoms with E-state index in [-0.39, 0.29) is 0 Å². The molecular weight excluding hydrogens is 212 g/mol. The summed E-state index contributed by atoms with van der Waals surface area (Å²) in [6.45, 7) is 6.17. The number of hydrogen-bond donors (Lipinski definition) is 1. The normalized spacial score (nSPS) is 15.3. The highest BCUT2D eigenvalue weighted by atomic mass is 15.2. The quantitative estimate of drug-likeness (QED) is 0.815. The summed E-state index contributed by atoms with van der Waals surface area (Å²) < 4.78 is 0. The largest absolute Gasteiger partial charge is 0.358 e. The molecule has 0 aromatic carbocycles. The third-order valence-corrected chi connectivity index (χ3v) is 2.98. The van der Waals surface area contributed by atoms with E-state index in [9.17, 15) is 0 Å². The van der Waals surface area contributed by atoms with Gasteiger partial charge in [0.05, 0.1) is 11.9 Å². The standard InChI is InChI=1S/C13H22N4/c1-10(2)15-7-12-6-14-8-13(16-12)17(3)9-11-4-5-11/h6,8,10-11,15H,4-5,7,9H2,1-3H3. The van der Waals surface area contributed by atoms with E-state index in [1.54, 1.807) is 0 Å². The highest BCUT2D eigenvalue weighted by Crippen LogP contribution is 2.30. The SMILES string of the molecule is CC(C)NCc1cncc(N(C)CC2CC2)n1. The molecule has 1 heterocycles. The van der Waals surface area contributed by atoms with Gasteiger partial charge in [-0.05, 0) is 18.8 Å². The van der Waals surface area contributed by atoms with E-state index in [0.717, 1.165) is 30.5 Å². The molecular formula is C13H22N4. The summed E-state index contributed by atoms with van der Waals surface area (Å²) in [5.74, 6) is 1.86. The average molecular weight is 234 g/mol. The zero-order valence-electron chi connectivity index (χ0n) is 11.0. The monoisotopic (exact) mass is 234 g/mol. The van der Waals surface area contributed by atoms with Crippen LogP contribution >= 0.6 is 0 Å². The zero-order chi connectivity index (χ0) is 12.3. The third-order valence-electron chi connectivity index (χ3n) is 2.98. The van der Waals surface area contributed by atoms with Gasteiger partial charge in [0.1, 0.15) is 5.82 Å². The molecule has 1 aromatic heterocycles. The number of anilines is 1. The van der Waals surface area contributed by atoms with Crippen LogP contribution in [0.4, 0.5) is 5.82 Å². The van der Waals surface area contributed by atoms with E-state index in [1.807, 2.05) is 12.4 Å². The maximum absolute atomic E-state index is 4.63. The molecule has 0 atom stereocenters. The Morgan fingerprint density at radius 3 is 2.82 bits per heavy atom. The molecule has 0 radical (unpaired) electrons. The number of rotatable bonds is 6. The van der Waals surface area contributed by atoms with Gasteiger partial charge in [-0.15, -0.1) is 0 Å². The predicted octanol–water partition coefficient (Wildman–Crippen LogP) is 1.82. The molecule has 0 aliphatic heterocycles. The van der Waals surface area contributed by atoms with Gasteiger partial charge >= 0.3 is 0 Å². The fourth-order valence-corrected chi connectivity index (χ4v) is 1.75. The third kappa shape index (κ3) is 3.97. The van der Waals surface area contributed by atoms with E-state index in [0.29, 0.717) is 6.04 Å². The van der Waals surface area contributed by atoms with Gasteiger partial charge in [-0.2, -0.15) is 0 Å². The lowest BCUT2D eigenvalue weighted by molar-refractivity contribution is 0.579. The highest BCUT2D eigenvalue weighted by molar-refractivity contribution is 5.35. The van der Waals surface area contributed by atoms with Crippen molar-refractivity contribution in [2.75, 3.05) is 18.5 Å². The molecule has 17 heavy (non-hydrogen) atoms. The van der Waals surface area contributed by atoms with Crippen molar-refractivity contribution in [3.63, 3.8) is 0 Å². The Hall–Kier alpha value is -1.16. The Bertz CT molecular complexity index is 360. The average Bonchev–Trinajstić information content (AvgIpc) is 3.10. The van der Waals surface area contributed by atoms with Gasteiger partial charge in [0.25, 0.3) is 0 Å². The Balaban J connectivity index is 1.94. The van der Waals surface area contributed by atoms with Gasteiger partial charge in [-0.1, -0.05) is 13.8 Å². The Kier molecular flexibility index (Phi) is 3.94. The van der Waals surface area contributed by atoms with Gasteiger partial charge in [0.15, 0.2) is 0 Å². The van der Waals surface area contributed by atoms with Crippen molar-refractivity contribution in [3.8, 4) is 0 Å². The van der Waals surface area contributed by atoms with E-state index in [4.69, 9.17) is 0 Å². The van der Waals surface area contributed by atoms with E-state index < -0.39 is 0 Å². The second-order valence-corrected chi connectivity index (χ2v) is 5.23. The Labute approximate surface area is 103 Å². The number of nitrogens with zero attached hydrogens (tertiary/aromatic N) is 3. The van der Waals surface area contributed by atoms with Crippen molar-refractivity contribution in [1.29, 1.82) is 0 Å². The lowest BCUT2D eigenvalue weighted by Gasteiger charge is -2.18. The second-order valence-electron chi connectivity index (χ2n) is 5.23. The molecule has 0 saturated heterocycles. The molecule has 1 aliphatic carbocycles.